The van der Waals surface area contributed by atoms with Crippen LogP contribution in [0.15, 0.2) is 59.3 Å². The van der Waals surface area contributed by atoms with E-state index in [1.807, 2.05) is 18.2 Å². The van der Waals surface area contributed by atoms with Crippen LogP contribution in [0.5, 0.6) is 5.75 Å². The molecule has 1 aliphatic heterocycles. The normalized spacial score (nSPS) is 14.2. The summed E-state index contributed by atoms with van der Waals surface area (Å²) in [6, 6.07) is 15.4. The zero-order valence-corrected chi connectivity index (χ0v) is 13.8. The molecule has 6 heteroatoms. The largest absolute Gasteiger partial charge is 0.495 e. The number of pyridine rings is 1. The molecule has 2 aromatic heterocycles. The second kappa shape index (κ2) is 6.39. The third kappa shape index (κ3) is 2.98. The summed E-state index contributed by atoms with van der Waals surface area (Å²) in [5.74, 6) is 1.40. The molecule has 1 aliphatic rings. The fourth-order valence-corrected chi connectivity index (χ4v) is 2.89. The van der Waals surface area contributed by atoms with Gasteiger partial charge in [0.25, 0.3) is 5.91 Å². The van der Waals surface area contributed by atoms with E-state index in [2.05, 4.69) is 22.3 Å². The molecule has 1 amide bonds. The minimum Gasteiger partial charge on any atom is -0.495 e. The number of amides is 1. The van der Waals surface area contributed by atoms with Gasteiger partial charge in [0, 0.05) is 25.1 Å². The maximum atomic E-state index is 12.5. The van der Waals surface area contributed by atoms with E-state index in [0.717, 1.165) is 0 Å². The summed E-state index contributed by atoms with van der Waals surface area (Å²) < 4.78 is 10.4. The van der Waals surface area contributed by atoms with Crippen molar-refractivity contribution < 1.29 is 14.1 Å². The van der Waals surface area contributed by atoms with E-state index in [0.29, 0.717) is 41.9 Å². The first kappa shape index (κ1) is 15.4. The van der Waals surface area contributed by atoms with Gasteiger partial charge in [0.1, 0.15) is 11.4 Å². The third-order valence-electron chi connectivity index (χ3n) is 4.39. The molecule has 0 atom stereocenters. The summed E-state index contributed by atoms with van der Waals surface area (Å²) in [4.78, 5) is 18.5. The van der Waals surface area contributed by atoms with Crippen LogP contribution in [0.4, 0.5) is 0 Å². The second-order valence-electron chi connectivity index (χ2n) is 5.98. The lowest BCUT2D eigenvalue weighted by Crippen LogP contribution is -2.48. The Morgan fingerprint density at radius 1 is 1.20 bits per heavy atom. The van der Waals surface area contributed by atoms with Crippen molar-refractivity contribution in [3.8, 4) is 17.2 Å². The summed E-state index contributed by atoms with van der Waals surface area (Å²) in [6.07, 6.45) is 1.60. The molecule has 6 nitrogen and oxygen atoms in total. The number of methoxy groups -OCH3 is 1. The van der Waals surface area contributed by atoms with Crippen LogP contribution in [0.1, 0.15) is 22.0 Å². The zero-order chi connectivity index (χ0) is 17.2. The van der Waals surface area contributed by atoms with Crippen molar-refractivity contribution in [3.05, 3.63) is 66.0 Å². The SMILES string of the molecule is COc1ccc(-c2cc(C(=O)N3CC(c4ccccc4)C3)no2)nc1. The molecule has 0 N–H and O–H groups in total. The summed E-state index contributed by atoms with van der Waals surface area (Å²) in [5.41, 5.74) is 2.17. The van der Waals surface area contributed by atoms with Gasteiger partial charge in [-0.05, 0) is 17.7 Å². The molecule has 1 aromatic carbocycles. The molecular weight excluding hydrogens is 318 g/mol. The highest BCUT2D eigenvalue weighted by molar-refractivity contribution is 5.93. The smallest absolute Gasteiger partial charge is 0.276 e. The Balaban J connectivity index is 1.43. The van der Waals surface area contributed by atoms with Crippen LogP contribution in [-0.4, -0.2) is 41.1 Å². The van der Waals surface area contributed by atoms with Crippen LogP contribution < -0.4 is 4.74 Å². The number of hydrogen-bond donors (Lipinski definition) is 0. The predicted molar refractivity (Wildman–Crippen MR) is 91.4 cm³/mol. The van der Waals surface area contributed by atoms with E-state index in [1.54, 1.807) is 36.4 Å². The summed E-state index contributed by atoms with van der Waals surface area (Å²) in [6.45, 7) is 1.40. The lowest BCUT2D eigenvalue weighted by atomic mass is 9.91. The maximum Gasteiger partial charge on any atom is 0.276 e. The molecule has 25 heavy (non-hydrogen) atoms. The first-order chi connectivity index (χ1) is 12.2. The Labute approximate surface area is 145 Å². The number of nitrogens with zero attached hydrogens (tertiary/aromatic N) is 3. The van der Waals surface area contributed by atoms with Gasteiger partial charge in [-0.25, -0.2) is 4.98 Å². The molecule has 3 heterocycles. The Morgan fingerprint density at radius 3 is 2.68 bits per heavy atom. The van der Waals surface area contributed by atoms with Crippen LogP contribution in [-0.2, 0) is 0 Å². The quantitative estimate of drug-likeness (QED) is 0.733. The van der Waals surface area contributed by atoms with E-state index in [4.69, 9.17) is 9.26 Å². The van der Waals surface area contributed by atoms with E-state index in [9.17, 15) is 4.79 Å². The molecule has 0 aliphatic carbocycles. The molecule has 3 aromatic rings. The van der Waals surface area contributed by atoms with Crippen molar-refractivity contribution in [1.29, 1.82) is 0 Å². The lowest BCUT2D eigenvalue weighted by Gasteiger charge is -2.39. The molecule has 0 saturated carbocycles. The van der Waals surface area contributed by atoms with Gasteiger partial charge in [0.2, 0.25) is 0 Å². The van der Waals surface area contributed by atoms with E-state index in [-0.39, 0.29) is 5.91 Å². The van der Waals surface area contributed by atoms with Gasteiger partial charge < -0.3 is 14.2 Å². The number of carbonyl (C=O) groups excluding carboxylic acids is 1. The Morgan fingerprint density at radius 2 is 2.00 bits per heavy atom. The fourth-order valence-electron chi connectivity index (χ4n) is 2.89. The van der Waals surface area contributed by atoms with E-state index in [1.165, 1.54) is 5.56 Å². The monoisotopic (exact) mass is 335 g/mol. The molecule has 4 rings (SSSR count). The summed E-state index contributed by atoms with van der Waals surface area (Å²) >= 11 is 0. The van der Waals surface area contributed by atoms with Crippen molar-refractivity contribution in [2.75, 3.05) is 20.2 Å². The lowest BCUT2D eigenvalue weighted by molar-refractivity contribution is 0.0591. The third-order valence-corrected chi connectivity index (χ3v) is 4.39. The zero-order valence-electron chi connectivity index (χ0n) is 13.8. The van der Waals surface area contributed by atoms with Gasteiger partial charge in [-0.1, -0.05) is 35.5 Å². The Kier molecular flexibility index (Phi) is 3.93. The standard InChI is InChI=1S/C19H17N3O3/c1-24-15-7-8-16(20-10-15)18-9-17(21-25-18)19(23)22-11-14(12-22)13-5-3-2-4-6-13/h2-10,14H,11-12H2,1H3. The van der Waals surface area contributed by atoms with Crippen molar-refractivity contribution in [3.63, 3.8) is 0 Å². The van der Waals surface area contributed by atoms with Crippen LogP contribution in [0.2, 0.25) is 0 Å². The van der Waals surface area contributed by atoms with Gasteiger partial charge in [-0.15, -0.1) is 0 Å². The molecule has 0 spiro atoms. The number of hydrogen-bond acceptors (Lipinski definition) is 5. The van der Waals surface area contributed by atoms with Crippen LogP contribution in [0, 0.1) is 0 Å². The van der Waals surface area contributed by atoms with Gasteiger partial charge in [0.05, 0.1) is 13.3 Å². The molecular formula is C19H17N3O3. The van der Waals surface area contributed by atoms with Crippen LogP contribution in [0.25, 0.3) is 11.5 Å². The van der Waals surface area contributed by atoms with Gasteiger partial charge >= 0.3 is 0 Å². The number of ether oxygens (including phenoxy) is 1. The molecule has 126 valence electrons. The second-order valence-corrected chi connectivity index (χ2v) is 5.98. The van der Waals surface area contributed by atoms with Crippen molar-refractivity contribution in [2.24, 2.45) is 0 Å². The number of likely N-dealkylation sites (tertiary alicyclic amines) is 1. The minimum absolute atomic E-state index is 0.115. The van der Waals surface area contributed by atoms with Crippen molar-refractivity contribution >= 4 is 5.91 Å². The molecule has 0 unspecified atom stereocenters. The number of aromatic nitrogens is 2. The topological polar surface area (TPSA) is 68.5 Å². The fraction of sp³-hybridized carbons (Fsp3) is 0.211. The van der Waals surface area contributed by atoms with Gasteiger partial charge in [-0.3, -0.25) is 4.79 Å². The number of carbonyl (C=O) groups is 1. The van der Waals surface area contributed by atoms with Crippen molar-refractivity contribution in [1.82, 2.24) is 15.0 Å². The highest BCUT2D eigenvalue weighted by Crippen LogP contribution is 2.28. The highest BCUT2D eigenvalue weighted by atomic mass is 16.5. The molecule has 0 radical (unpaired) electrons. The maximum absolute atomic E-state index is 12.5. The first-order valence-electron chi connectivity index (χ1n) is 8.06. The molecule has 0 bridgehead atoms. The average molecular weight is 335 g/mol. The molecule has 1 saturated heterocycles. The van der Waals surface area contributed by atoms with E-state index >= 15 is 0 Å². The number of benzene rings is 1. The van der Waals surface area contributed by atoms with Crippen LogP contribution >= 0.6 is 0 Å². The molecule has 1 fully saturated rings. The van der Waals surface area contributed by atoms with E-state index < -0.39 is 0 Å². The summed E-state index contributed by atoms with van der Waals surface area (Å²) in [5, 5.41) is 3.90. The van der Waals surface area contributed by atoms with Crippen LogP contribution in [0.3, 0.4) is 0 Å². The predicted octanol–water partition coefficient (Wildman–Crippen LogP) is 2.98. The van der Waals surface area contributed by atoms with Gasteiger partial charge in [-0.2, -0.15) is 0 Å². The Bertz CT molecular complexity index is 868. The first-order valence-corrected chi connectivity index (χ1v) is 8.06. The Hall–Kier alpha value is -3.15. The van der Waals surface area contributed by atoms with Gasteiger partial charge in [0.15, 0.2) is 11.5 Å². The highest BCUT2D eigenvalue weighted by Gasteiger charge is 2.33. The average Bonchev–Trinajstić information content (AvgIpc) is 3.11. The minimum atomic E-state index is -0.115. The summed E-state index contributed by atoms with van der Waals surface area (Å²) in [7, 11) is 1.58. The number of rotatable bonds is 4. The van der Waals surface area contributed by atoms with Crippen molar-refractivity contribution in [2.45, 2.75) is 5.92 Å².